The third kappa shape index (κ3) is 3.13. The average Bonchev–Trinajstić information content (AvgIpc) is 2.97. The highest BCUT2D eigenvalue weighted by molar-refractivity contribution is 9.10. The third-order valence-corrected chi connectivity index (χ3v) is 4.55. The lowest BCUT2D eigenvalue weighted by atomic mass is 10.2. The zero-order chi connectivity index (χ0) is 14.1. The van der Waals surface area contributed by atoms with Crippen LogP contribution in [-0.4, -0.2) is 0 Å². The molecule has 2 aromatic rings. The van der Waals surface area contributed by atoms with Gasteiger partial charge in [0.25, 0.3) is 0 Å². The van der Waals surface area contributed by atoms with Crippen molar-refractivity contribution in [2.24, 2.45) is 5.92 Å². The normalized spacial score (nSPS) is 21.1. The summed E-state index contributed by atoms with van der Waals surface area (Å²) >= 11 is 3.42. The van der Waals surface area contributed by atoms with Crippen LogP contribution in [0.1, 0.15) is 36.3 Å². The van der Waals surface area contributed by atoms with Gasteiger partial charge in [0.15, 0.2) is 0 Å². The molecule has 0 radical (unpaired) electrons. The molecule has 3 rings (SSSR count). The highest BCUT2D eigenvalue weighted by Crippen LogP contribution is 2.47. The molecule has 2 nitrogen and oxygen atoms in total. The SMILES string of the molecule is CC1CC1c1ccc(CNCc2cc(F)ccc2Br)o1. The van der Waals surface area contributed by atoms with Crippen LogP contribution in [0.2, 0.25) is 0 Å². The van der Waals surface area contributed by atoms with Crippen molar-refractivity contribution in [1.29, 1.82) is 0 Å². The fourth-order valence-corrected chi connectivity index (χ4v) is 2.79. The molecule has 1 heterocycles. The molecule has 0 amide bonds. The van der Waals surface area contributed by atoms with Gasteiger partial charge in [-0.3, -0.25) is 0 Å². The van der Waals surface area contributed by atoms with Crippen LogP contribution in [-0.2, 0) is 13.1 Å². The molecule has 1 aromatic heterocycles. The zero-order valence-electron chi connectivity index (χ0n) is 11.3. The van der Waals surface area contributed by atoms with Gasteiger partial charge >= 0.3 is 0 Å². The van der Waals surface area contributed by atoms with Gasteiger partial charge in [-0.15, -0.1) is 0 Å². The number of hydrogen-bond acceptors (Lipinski definition) is 2. The van der Waals surface area contributed by atoms with Gasteiger partial charge in [-0.05, 0) is 48.2 Å². The minimum Gasteiger partial charge on any atom is -0.464 e. The summed E-state index contributed by atoms with van der Waals surface area (Å²) in [6.07, 6.45) is 1.23. The molecular weight excluding hydrogens is 321 g/mol. The lowest BCUT2D eigenvalue weighted by Crippen LogP contribution is -2.12. The lowest BCUT2D eigenvalue weighted by Gasteiger charge is -2.06. The van der Waals surface area contributed by atoms with E-state index in [4.69, 9.17) is 4.42 Å². The Bertz CT molecular complexity index is 610. The Kier molecular flexibility index (Phi) is 3.94. The van der Waals surface area contributed by atoms with Gasteiger partial charge in [0.2, 0.25) is 0 Å². The molecule has 2 atom stereocenters. The molecule has 1 saturated carbocycles. The summed E-state index contributed by atoms with van der Waals surface area (Å²) < 4.78 is 19.9. The minimum atomic E-state index is -0.215. The van der Waals surface area contributed by atoms with Crippen molar-refractivity contribution < 1.29 is 8.81 Å². The Hall–Kier alpha value is -1.13. The summed E-state index contributed by atoms with van der Waals surface area (Å²) in [6.45, 7) is 3.50. The van der Waals surface area contributed by atoms with E-state index in [0.717, 1.165) is 27.5 Å². The maximum atomic E-state index is 13.2. The highest BCUT2D eigenvalue weighted by Gasteiger charge is 2.36. The number of rotatable bonds is 5. The number of halogens is 2. The largest absolute Gasteiger partial charge is 0.464 e. The van der Waals surface area contributed by atoms with Crippen molar-refractivity contribution in [2.75, 3.05) is 0 Å². The Morgan fingerprint density at radius 1 is 1.30 bits per heavy atom. The maximum Gasteiger partial charge on any atom is 0.123 e. The molecule has 20 heavy (non-hydrogen) atoms. The summed E-state index contributed by atoms with van der Waals surface area (Å²) in [5, 5.41) is 3.28. The van der Waals surface area contributed by atoms with E-state index in [1.54, 1.807) is 6.07 Å². The van der Waals surface area contributed by atoms with Gasteiger partial charge < -0.3 is 9.73 Å². The zero-order valence-corrected chi connectivity index (χ0v) is 12.9. The molecule has 1 N–H and O–H groups in total. The maximum absolute atomic E-state index is 13.2. The van der Waals surface area contributed by atoms with Crippen LogP contribution in [0.15, 0.2) is 39.2 Å². The fourth-order valence-electron chi connectivity index (χ4n) is 2.41. The average molecular weight is 338 g/mol. The molecule has 106 valence electrons. The van der Waals surface area contributed by atoms with Crippen LogP contribution in [0.5, 0.6) is 0 Å². The predicted octanol–water partition coefficient (Wildman–Crippen LogP) is 4.59. The summed E-state index contributed by atoms with van der Waals surface area (Å²) in [5.74, 6) is 3.19. The molecule has 2 unspecified atom stereocenters. The summed E-state index contributed by atoms with van der Waals surface area (Å²) in [5.41, 5.74) is 0.910. The van der Waals surface area contributed by atoms with Crippen LogP contribution < -0.4 is 5.32 Å². The Morgan fingerprint density at radius 2 is 2.10 bits per heavy atom. The summed E-state index contributed by atoms with van der Waals surface area (Å²) in [7, 11) is 0. The number of furan rings is 1. The molecule has 1 fully saturated rings. The standard InChI is InChI=1S/C16H17BrFNO/c1-10-6-14(10)16-5-3-13(20-16)9-19-8-11-7-12(18)2-4-15(11)17/h2-5,7,10,14,19H,6,8-9H2,1H3. The van der Waals surface area contributed by atoms with E-state index in [0.29, 0.717) is 19.0 Å². The first-order chi connectivity index (χ1) is 9.63. The first-order valence-corrected chi connectivity index (χ1v) is 7.66. The number of nitrogens with one attached hydrogen (secondary N) is 1. The van der Waals surface area contributed by atoms with Crippen molar-refractivity contribution in [3.05, 3.63) is 57.7 Å². The van der Waals surface area contributed by atoms with E-state index < -0.39 is 0 Å². The Balaban J connectivity index is 1.54. The van der Waals surface area contributed by atoms with Crippen LogP contribution in [0.3, 0.4) is 0 Å². The van der Waals surface area contributed by atoms with E-state index in [-0.39, 0.29) is 5.82 Å². The second kappa shape index (κ2) is 5.70. The minimum absolute atomic E-state index is 0.215. The topological polar surface area (TPSA) is 25.2 Å². The fraction of sp³-hybridized carbons (Fsp3) is 0.375. The monoisotopic (exact) mass is 337 g/mol. The van der Waals surface area contributed by atoms with Crippen LogP contribution in [0, 0.1) is 11.7 Å². The van der Waals surface area contributed by atoms with Crippen LogP contribution in [0.4, 0.5) is 4.39 Å². The van der Waals surface area contributed by atoms with Crippen molar-refractivity contribution in [3.8, 4) is 0 Å². The van der Waals surface area contributed by atoms with Gasteiger partial charge in [0, 0.05) is 16.9 Å². The number of hydrogen-bond donors (Lipinski definition) is 1. The highest BCUT2D eigenvalue weighted by atomic mass is 79.9. The second-order valence-corrected chi connectivity index (χ2v) is 6.32. The molecule has 1 aliphatic carbocycles. The smallest absolute Gasteiger partial charge is 0.123 e. The Morgan fingerprint density at radius 3 is 2.85 bits per heavy atom. The lowest BCUT2D eigenvalue weighted by molar-refractivity contribution is 0.444. The van der Waals surface area contributed by atoms with Gasteiger partial charge in [0.1, 0.15) is 17.3 Å². The summed E-state index contributed by atoms with van der Waals surface area (Å²) in [4.78, 5) is 0. The van der Waals surface area contributed by atoms with E-state index in [1.807, 2.05) is 6.07 Å². The van der Waals surface area contributed by atoms with Crippen molar-refractivity contribution in [1.82, 2.24) is 5.32 Å². The van der Waals surface area contributed by atoms with Gasteiger partial charge in [0.05, 0.1) is 6.54 Å². The van der Waals surface area contributed by atoms with E-state index in [1.165, 1.54) is 18.6 Å². The van der Waals surface area contributed by atoms with Gasteiger partial charge in [-0.1, -0.05) is 22.9 Å². The van der Waals surface area contributed by atoms with Gasteiger partial charge in [-0.25, -0.2) is 4.39 Å². The number of benzene rings is 1. The van der Waals surface area contributed by atoms with Crippen molar-refractivity contribution >= 4 is 15.9 Å². The van der Waals surface area contributed by atoms with Gasteiger partial charge in [-0.2, -0.15) is 0 Å². The molecule has 1 aliphatic rings. The molecule has 0 aliphatic heterocycles. The first kappa shape index (κ1) is 13.8. The van der Waals surface area contributed by atoms with Crippen LogP contribution >= 0.6 is 15.9 Å². The molecule has 1 aromatic carbocycles. The first-order valence-electron chi connectivity index (χ1n) is 6.86. The summed E-state index contributed by atoms with van der Waals surface area (Å²) in [6, 6.07) is 8.81. The molecule has 0 bridgehead atoms. The molecule has 0 saturated heterocycles. The van der Waals surface area contributed by atoms with E-state index in [2.05, 4.69) is 34.2 Å². The van der Waals surface area contributed by atoms with Crippen molar-refractivity contribution in [3.63, 3.8) is 0 Å². The predicted molar refractivity (Wildman–Crippen MR) is 79.9 cm³/mol. The van der Waals surface area contributed by atoms with Crippen molar-refractivity contribution in [2.45, 2.75) is 32.4 Å². The molecule has 0 spiro atoms. The Labute approximate surface area is 126 Å². The second-order valence-electron chi connectivity index (χ2n) is 5.46. The molecular formula is C16H17BrFNO. The third-order valence-electron chi connectivity index (χ3n) is 3.78. The molecule has 4 heteroatoms. The quantitative estimate of drug-likeness (QED) is 0.862. The van der Waals surface area contributed by atoms with Crippen LogP contribution in [0.25, 0.3) is 0 Å². The van der Waals surface area contributed by atoms with E-state index in [9.17, 15) is 4.39 Å². The van der Waals surface area contributed by atoms with E-state index >= 15 is 0 Å².